The molecule has 0 spiro atoms. The van der Waals surface area contributed by atoms with Crippen LogP contribution >= 0.6 is 0 Å². The number of amides is 1. The lowest BCUT2D eigenvalue weighted by molar-refractivity contribution is -0.284. The van der Waals surface area contributed by atoms with Crippen molar-refractivity contribution >= 4 is 22.3 Å². The third-order valence-electron chi connectivity index (χ3n) is 3.43. The van der Waals surface area contributed by atoms with Crippen molar-refractivity contribution in [2.45, 2.75) is 49.6 Å². The Morgan fingerprint density at radius 1 is 1.40 bits per heavy atom. The topological polar surface area (TPSA) is 220 Å². The average Bonchev–Trinajstić information content (AvgIpc) is 2.46. The number of rotatable bonds is 7. The van der Waals surface area contributed by atoms with Gasteiger partial charge in [-0.3, -0.25) is 9.35 Å². The van der Waals surface area contributed by atoms with Crippen LogP contribution in [0.15, 0.2) is 0 Å². The number of hydrogen-bond acceptors (Lipinski definition) is 10. The maximum atomic E-state index is 11.4. The number of nitrogens with one attached hydrogen (secondary N) is 1. The zero-order valence-electron chi connectivity index (χ0n) is 12.8. The second kappa shape index (κ2) is 7.88. The number of aliphatic hydroxyl groups is 4. The molecular formula is C11H19NO12S. The Morgan fingerprint density at radius 3 is 2.36 bits per heavy atom. The monoisotopic (exact) mass is 389 g/mol. The third-order valence-corrected chi connectivity index (χ3v) is 3.91. The quantitative estimate of drug-likeness (QED) is 0.207. The Bertz CT molecular complexity index is 608. The van der Waals surface area contributed by atoms with Crippen LogP contribution in [-0.2, 0) is 28.9 Å². The standard InChI is InChI=1S/C11H19NO12S/c1-4(14)12-7-5(15)2-11(10(18)19,24-25(20,21)22)23-9(7)8(17)6(16)3-13/h5-9,13,15-17H,2-3H2,1H3,(H,12,14)(H,18,19)(H,20,21,22)/t5-,6+,7+,8+,9+,11+/m0/s1. The van der Waals surface area contributed by atoms with E-state index in [1.165, 1.54) is 0 Å². The molecule has 0 aromatic carbocycles. The van der Waals surface area contributed by atoms with Gasteiger partial charge in [-0.05, 0) is 0 Å². The summed E-state index contributed by atoms with van der Waals surface area (Å²) in [6, 6.07) is -1.48. The van der Waals surface area contributed by atoms with Gasteiger partial charge in [-0.25, -0.2) is 8.98 Å². The SMILES string of the molecule is CC(=O)N[C@H]1[C@H]([C@H](O)[C@H](O)CO)O[C@](OS(=O)(=O)O)(C(=O)O)C[C@@H]1O. The predicted molar refractivity (Wildman–Crippen MR) is 75.2 cm³/mol. The van der Waals surface area contributed by atoms with Crippen LogP contribution < -0.4 is 5.32 Å². The maximum Gasteiger partial charge on any atom is 0.400 e. The molecule has 0 unspecified atom stereocenters. The van der Waals surface area contributed by atoms with Crippen LogP contribution in [-0.4, -0.2) is 93.2 Å². The van der Waals surface area contributed by atoms with Crippen LogP contribution in [0.5, 0.6) is 0 Å². The predicted octanol–water partition coefficient (Wildman–Crippen LogP) is -4.04. The molecule has 0 aromatic rings. The van der Waals surface area contributed by atoms with Crippen molar-refractivity contribution in [3.8, 4) is 0 Å². The molecule has 1 aliphatic rings. The first kappa shape index (κ1) is 21.7. The highest BCUT2D eigenvalue weighted by Gasteiger charge is 2.57. The normalized spacial score (nSPS) is 32.6. The molecule has 0 radical (unpaired) electrons. The van der Waals surface area contributed by atoms with Gasteiger partial charge in [0.05, 0.1) is 18.8 Å². The van der Waals surface area contributed by atoms with Crippen LogP contribution in [0.25, 0.3) is 0 Å². The van der Waals surface area contributed by atoms with Gasteiger partial charge in [0.25, 0.3) is 5.79 Å². The number of aliphatic hydroxyl groups excluding tert-OH is 4. The first-order chi connectivity index (χ1) is 11.3. The van der Waals surface area contributed by atoms with Crippen molar-refractivity contribution in [3.63, 3.8) is 0 Å². The number of carbonyl (C=O) groups excluding carboxylic acids is 1. The van der Waals surface area contributed by atoms with Gasteiger partial charge in [0.1, 0.15) is 18.3 Å². The molecule has 0 aromatic heterocycles. The number of aliphatic carboxylic acids is 1. The second-order valence-corrected chi connectivity index (χ2v) is 6.41. The van der Waals surface area contributed by atoms with Gasteiger partial charge in [-0.2, -0.15) is 8.42 Å². The smallest absolute Gasteiger partial charge is 0.400 e. The van der Waals surface area contributed by atoms with Gasteiger partial charge in [0, 0.05) is 13.3 Å². The van der Waals surface area contributed by atoms with E-state index >= 15 is 0 Å². The zero-order chi connectivity index (χ0) is 19.6. The van der Waals surface area contributed by atoms with Crippen molar-refractivity contribution in [1.82, 2.24) is 5.32 Å². The molecule has 25 heavy (non-hydrogen) atoms. The van der Waals surface area contributed by atoms with Crippen molar-refractivity contribution in [2.24, 2.45) is 0 Å². The average molecular weight is 389 g/mol. The van der Waals surface area contributed by atoms with Crippen molar-refractivity contribution < 1.29 is 57.0 Å². The molecule has 1 saturated heterocycles. The summed E-state index contributed by atoms with van der Waals surface area (Å²) in [7, 11) is -5.36. The number of hydrogen-bond donors (Lipinski definition) is 7. The lowest BCUT2D eigenvalue weighted by Gasteiger charge is -2.45. The molecule has 1 rings (SSSR count). The number of ether oxygens (including phenoxy) is 1. The summed E-state index contributed by atoms with van der Waals surface area (Å²) in [5.41, 5.74) is 0. The van der Waals surface area contributed by atoms with Crippen LogP contribution in [0.2, 0.25) is 0 Å². The van der Waals surface area contributed by atoms with E-state index in [0.717, 1.165) is 6.92 Å². The van der Waals surface area contributed by atoms with Gasteiger partial charge < -0.3 is 35.6 Å². The van der Waals surface area contributed by atoms with Gasteiger partial charge in [0.15, 0.2) is 0 Å². The van der Waals surface area contributed by atoms with Gasteiger partial charge in [-0.15, -0.1) is 0 Å². The molecular weight excluding hydrogens is 370 g/mol. The second-order valence-electron chi connectivity index (χ2n) is 5.39. The van der Waals surface area contributed by atoms with Crippen molar-refractivity contribution in [3.05, 3.63) is 0 Å². The van der Waals surface area contributed by atoms with Crippen molar-refractivity contribution in [1.29, 1.82) is 0 Å². The van der Waals surface area contributed by atoms with E-state index < -0.39 is 71.5 Å². The van der Waals surface area contributed by atoms with Crippen LogP contribution in [0.4, 0.5) is 0 Å². The Labute approximate surface area is 141 Å². The van der Waals surface area contributed by atoms with E-state index in [-0.39, 0.29) is 0 Å². The highest BCUT2D eigenvalue weighted by molar-refractivity contribution is 7.81. The van der Waals surface area contributed by atoms with Gasteiger partial charge >= 0.3 is 16.4 Å². The van der Waals surface area contributed by atoms with Crippen LogP contribution in [0, 0.1) is 0 Å². The Balaban J connectivity index is 3.32. The van der Waals surface area contributed by atoms with Crippen LogP contribution in [0.1, 0.15) is 13.3 Å². The lowest BCUT2D eigenvalue weighted by atomic mass is 9.88. The first-order valence-electron chi connectivity index (χ1n) is 6.84. The summed E-state index contributed by atoms with van der Waals surface area (Å²) in [6.07, 6.45) is -8.72. The van der Waals surface area contributed by atoms with E-state index in [1.54, 1.807) is 0 Å². The fourth-order valence-electron chi connectivity index (χ4n) is 2.38. The first-order valence-corrected chi connectivity index (χ1v) is 8.21. The van der Waals surface area contributed by atoms with E-state index in [1.807, 2.05) is 0 Å². The molecule has 146 valence electrons. The molecule has 0 aliphatic carbocycles. The van der Waals surface area contributed by atoms with Gasteiger partial charge in [-0.1, -0.05) is 0 Å². The van der Waals surface area contributed by atoms with E-state index in [0.29, 0.717) is 0 Å². The summed E-state index contributed by atoms with van der Waals surface area (Å²) in [5.74, 6) is -5.93. The Kier molecular flexibility index (Phi) is 6.82. The highest BCUT2D eigenvalue weighted by Crippen LogP contribution is 2.34. The number of carboxylic acid groups (broad SMARTS) is 1. The number of carboxylic acids is 1. The largest absolute Gasteiger partial charge is 0.477 e. The van der Waals surface area contributed by atoms with E-state index in [4.69, 9.17) is 14.4 Å². The Morgan fingerprint density at radius 2 is 1.96 bits per heavy atom. The van der Waals surface area contributed by atoms with E-state index in [9.17, 15) is 38.4 Å². The third kappa shape index (κ3) is 5.29. The minimum atomic E-state index is -5.36. The summed E-state index contributed by atoms with van der Waals surface area (Å²) >= 11 is 0. The molecule has 1 heterocycles. The molecule has 14 heteroatoms. The molecule has 0 bridgehead atoms. The molecule has 7 N–H and O–H groups in total. The highest BCUT2D eigenvalue weighted by atomic mass is 32.3. The lowest BCUT2D eigenvalue weighted by Crippen LogP contribution is -2.68. The van der Waals surface area contributed by atoms with Crippen LogP contribution in [0.3, 0.4) is 0 Å². The van der Waals surface area contributed by atoms with Crippen molar-refractivity contribution in [2.75, 3.05) is 6.61 Å². The molecule has 6 atom stereocenters. The summed E-state index contributed by atoms with van der Waals surface area (Å²) in [4.78, 5) is 22.7. The molecule has 1 fully saturated rings. The summed E-state index contributed by atoms with van der Waals surface area (Å²) in [6.45, 7) is 0.0372. The molecule has 0 saturated carbocycles. The molecule has 13 nitrogen and oxygen atoms in total. The summed E-state index contributed by atoms with van der Waals surface area (Å²) in [5, 5.41) is 49.9. The maximum absolute atomic E-state index is 11.4. The summed E-state index contributed by atoms with van der Waals surface area (Å²) < 4.78 is 39.6. The van der Waals surface area contributed by atoms with Gasteiger partial charge in [0.2, 0.25) is 5.91 Å². The minimum Gasteiger partial charge on any atom is -0.477 e. The number of carbonyl (C=O) groups is 2. The fourth-order valence-corrected chi connectivity index (χ4v) is 2.90. The fraction of sp³-hybridized carbons (Fsp3) is 0.818. The van der Waals surface area contributed by atoms with E-state index in [2.05, 4.69) is 9.50 Å². The zero-order valence-corrected chi connectivity index (χ0v) is 13.7. The molecule has 1 amide bonds. The minimum absolute atomic E-state index is 0.720. The Hall–Kier alpha value is -1.39. The molecule has 1 aliphatic heterocycles.